The highest BCUT2D eigenvalue weighted by atomic mass is 16.3. The fraction of sp³-hybridized carbons (Fsp3) is 1.00. The van der Waals surface area contributed by atoms with Crippen molar-refractivity contribution in [2.24, 2.45) is 0 Å². The highest BCUT2D eigenvalue weighted by molar-refractivity contribution is 4.97. The average Bonchev–Trinajstić information content (AvgIpc) is 2.94. The molecule has 3 heteroatoms. The first-order valence-electron chi connectivity index (χ1n) is 7.80. The van der Waals surface area contributed by atoms with E-state index in [0.29, 0.717) is 6.04 Å². The molecular formula is C15H30N2O. The Labute approximate surface area is 112 Å². The van der Waals surface area contributed by atoms with Gasteiger partial charge in [0.25, 0.3) is 0 Å². The van der Waals surface area contributed by atoms with Gasteiger partial charge in [0.1, 0.15) is 0 Å². The molecule has 0 saturated heterocycles. The molecule has 2 aliphatic rings. The topological polar surface area (TPSA) is 35.5 Å². The molecule has 2 rings (SSSR count). The summed E-state index contributed by atoms with van der Waals surface area (Å²) in [4.78, 5) is 2.73. The molecular weight excluding hydrogens is 224 g/mol. The molecule has 2 unspecified atom stereocenters. The van der Waals surface area contributed by atoms with Gasteiger partial charge in [-0.2, -0.15) is 0 Å². The Hall–Kier alpha value is -0.120. The average molecular weight is 254 g/mol. The molecule has 0 aromatic heterocycles. The van der Waals surface area contributed by atoms with E-state index in [4.69, 9.17) is 0 Å². The lowest BCUT2D eigenvalue weighted by molar-refractivity contribution is 0.0457. The van der Waals surface area contributed by atoms with Crippen LogP contribution in [0.1, 0.15) is 58.3 Å². The van der Waals surface area contributed by atoms with Crippen LogP contribution >= 0.6 is 0 Å². The zero-order valence-corrected chi connectivity index (χ0v) is 12.1. The normalized spacial score (nSPS) is 34.3. The molecule has 106 valence electrons. The van der Waals surface area contributed by atoms with E-state index in [9.17, 15) is 5.11 Å². The van der Waals surface area contributed by atoms with Gasteiger partial charge in [0.05, 0.1) is 6.61 Å². The molecule has 2 N–H and O–H groups in total. The maximum Gasteiger partial charge on any atom is 0.0613 e. The van der Waals surface area contributed by atoms with Crippen molar-refractivity contribution >= 4 is 0 Å². The minimum absolute atomic E-state index is 0.0189. The number of aliphatic hydroxyl groups excluding tert-OH is 1. The van der Waals surface area contributed by atoms with Crippen LogP contribution in [0.2, 0.25) is 0 Å². The first-order valence-corrected chi connectivity index (χ1v) is 7.80. The van der Waals surface area contributed by atoms with E-state index in [1.807, 2.05) is 7.05 Å². The Balaban J connectivity index is 2.01. The van der Waals surface area contributed by atoms with Crippen molar-refractivity contribution in [1.29, 1.82) is 0 Å². The Bertz CT molecular complexity index is 247. The molecule has 0 aromatic rings. The van der Waals surface area contributed by atoms with Crippen LogP contribution in [0.25, 0.3) is 0 Å². The third kappa shape index (κ3) is 2.89. The minimum atomic E-state index is -0.0189. The summed E-state index contributed by atoms with van der Waals surface area (Å²) in [6.45, 7) is 3.75. The summed E-state index contributed by atoms with van der Waals surface area (Å²) in [7, 11) is 2.00. The summed E-state index contributed by atoms with van der Waals surface area (Å²) in [6, 6.07) is 1.48. The first kappa shape index (κ1) is 14.3. The predicted molar refractivity (Wildman–Crippen MR) is 75.8 cm³/mol. The van der Waals surface area contributed by atoms with Gasteiger partial charge in [0.15, 0.2) is 0 Å². The van der Waals surface area contributed by atoms with Crippen molar-refractivity contribution in [3.8, 4) is 0 Å². The Morgan fingerprint density at radius 3 is 2.39 bits per heavy atom. The number of hydrogen-bond donors (Lipinski definition) is 2. The van der Waals surface area contributed by atoms with E-state index >= 15 is 0 Å². The lowest BCUT2D eigenvalue weighted by Gasteiger charge is -2.45. The summed E-state index contributed by atoms with van der Waals surface area (Å²) in [6.07, 6.45) is 10.4. The van der Waals surface area contributed by atoms with Crippen LogP contribution in [-0.4, -0.2) is 47.8 Å². The van der Waals surface area contributed by atoms with Crippen LogP contribution in [0.5, 0.6) is 0 Å². The van der Waals surface area contributed by atoms with Crippen LogP contribution in [0.3, 0.4) is 0 Å². The molecule has 0 amide bonds. The zero-order valence-electron chi connectivity index (χ0n) is 12.1. The second-order valence-electron chi connectivity index (χ2n) is 6.21. The maximum atomic E-state index is 9.70. The number of nitrogens with one attached hydrogen (secondary N) is 1. The van der Waals surface area contributed by atoms with Crippen molar-refractivity contribution in [2.45, 2.75) is 75.9 Å². The van der Waals surface area contributed by atoms with Gasteiger partial charge in [-0.15, -0.1) is 0 Å². The molecule has 2 aliphatic carbocycles. The van der Waals surface area contributed by atoms with Gasteiger partial charge in [-0.3, -0.25) is 4.90 Å². The van der Waals surface area contributed by atoms with E-state index in [0.717, 1.165) is 18.9 Å². The van der Waals surface area contributed by atoms with Crippen LogP contribution < -0.4 is 5.32 Å². The summed E-state index contributed by atoms with van der Waals surface area (Å²) in [5.74, 6) is 0. The number of likely N-dealkylation sites (N-methyl/N-ethyl adjacent to an activating group) is 1. The zero-order chi connectivity index (χ0) is 13.0. The van der Waals surface area contributed by atoms with Crippen molar-refractivity contribution in [1.82, 2.24) is 10.2 Å². The van der Waals surface area contributed by atoms with Gasteiger partial charge >= 0.3 is 0 Å². The standard InChI is InChI=1S/C15H30N2O/c1-3-17(13-7-4-5-8-13)14-9-6-10-15(11-14,12-18)16-2/h13-14,16,18H,3-12H2,1-2H3. The fourth-order valence-corrected chi connectivity index (χ4v) is 4.11. The number of nitrogens with zero attached hydrogens (tertiary/aromatic N) is 1. The molecule has 0 spiro atoms. The maximum absolute atomic E-state index is 9.70. The summed E-state index contributed by atoms with van der Waals surface area (Å²) in [5, 5.41) is 13.1. The van der Waals surface area contributed by atoms with E-state index in [1.165, 1.54) is 45.1 Å². The second-order valence-corrected chi connectivity index (χ2v) is 6.21. The van der Waals surface area contributed by atoms with E-state index in [1.54, 1.807) is 0 Å². The largest absolute Gasteiger partial charge is 0.394 e. The van der Waals surface area contributed by atoms with Crippen LogP contribution in [0.4, 0.5) is 0 Å². The summed E-state index contributed by atoms with van der Waals surface area (Å²) < 4.78 is 0. The molecule has 2 fully saturated rings. The van der Waals surface area contributed by atoms with E-state index < -0.39 is 0 Å². The highest BCUT2D eigenvalue weighted by Crippen LogP contribution is 2.34. The summed E-state index contributed by atoms with van der Waals surface area (Å²) >= 11 is 0. The highest BCUT2D eigenvalue weighted by Gasteiger charge is 2.38. The third-order valence-corrected chi connectivity index (χ3v) is 5.28. The van der Waals surface area contributed by atoms with Crippen molar-refractivity contribution in [3.63, 3.8) is 0 Å². The van der Waals surface area contributed by atoms with Crippen LogP contribution in [-0.2, 0) is 0 Å². The molecule has 3 nitrogen and oxygen atoms in total. The van der Waals surface area contributed by atoms with Gasteiger partial charge in [-0.1, -0.05) is 19.8 Å². The monoisotopic (exact) mass is 254 g/mol. The number of hydrogen-bond acceptors (Lipinski definition) is 3. The lowest BCUT2D eigenvalue weighted by atomic mass is 9.78. The number of aliphatic hydroxyl groups is 1. The Morgan fingerprint density at radius 2 is 1.83 bits per heavy atom. The smallest absolute Gasteiger partial charge is 0.0613 e. The van der Waals surface area contributed by atoms with E-state index in [2.05, 4.69) is 17.1 Å². The van der Waals surface area contributed by atoms with Crippen molar-refractivity contribution < 1.29 is 5.11 Å². The summed E-state index contributed by atoms with van der Waals surface area (Å²) in [5.41, 5.74) is -0.0189. The Kier molecular flexibility index (Phi) is 5.05. The molecule has 0 aromatic carbocycles. The molecule has 18 heavy (non-hydrogen) atoms. The van der Waals surface area contributed by atoms with Gasteiger partial charge in [0.2, 0.25) is 0 Å². The van der Waals surface area contributed by atoms with Crippen molar-refractivity contribution in [2.75, 3.05) is 20.2 Å². The molecule has 0 aliphatic heterocycles. The lowest BCUT2D eigenvalue weighted by Crippen LogP contribution is -2.56. The molecule has 0 heterocycles. The van der Waals surface area contributed by atoms with Gasteiger partial charge < -0.3 is 10.4 Å². The van der Waals surface area contributed by atoms with E-state index in [-0.39, 0.29) is 12.1 Å². The van der Waals surface area contributed by atoms with Crippen LogP contribution in [0.15, 0.2) is 0 Å². The first-order chi connectivity index (χ1) is 8.74. The van der Waals surface area contributed by atoms with Gasteiger partial charge in [-0.05, 0) is 52.1 Å². The van der Waals surface area contributed by atoms with Crippen molar-refractivity contribution in [3.05, 3.63) is 0 Å². The number of rotatable bonds is 5. The molecule has 2 saturated carbocycles. The second kappa shape index (κ2) is 6.36. The van der Waals surface area contributed by atoms with Crippen LogP contribution in [0, 0.1) is 0 Å². The minimum Gasteiger partial charge on any atom is -0.394 e. The fourth-order valence-electron chi connectivity index (χ4n) is 4.11. The Morgan fingerprint density at radius 1 is 1.17 bits per heavy atom. The molecule has 2 atom stereocenters. The predicted octanol–water partition coefficient (Wildman–Crippen LogP) is 2.14. The SMILES string of the molecule is CCN(C1CCCC1)C1CCCC(CO)(NC)C1. The van der Waals surface area contributed by atoms with Gasteiger partial charge in [0, 0.05) is 17.6 Å². The quantitative estimate of drug-likeness (QED) is 0.789. The third-order valence-electron chi connectivity index (χ3n) is 5.28. The van der Waals surface area contributed by atoms with Gasteiger partial charge in [-0.25, -0.2) is 0 Å². The molecule has 0 radical (unpaired) electrons. The molecule has 0 bridgehead atoms.